The van der Waals surface area contributed by atoms with E-state index in [2.05, 4.69) is 5.10 Å². The van der Waals surface area contributed by atoms with Gasteiger partial charge in [0.25, 0.3) is 0 Å². The molecule has 5 nitrogen and oxygen atoms in total. The van der Waals surface area contributed by atoms with Crippen LogP contribution in [0.4, 0.5) is 0 Å². The van der Waals surface area contributed by atoms with Crippen molar-refractivity contribution in [2.24, 2.45) is 7.05 Å². The fourth-order valence-corrected chi connectivity index (χ4v) is 2.56. The molecule has 88 valence electrons. The van der Waals surface area contributed by atoms with Gasteiger partial charge in [0.15, 0.2) is 6.10 Å². The molecule has 2 aromatic rings. The summed E-state index contributed by atoms with van der Waals surface area (Å²) in [6.07, 6.45) is -0.730. The van der Waals surface area contributed by atoms with Gasteiger partial charge in [0.2, 0.25) is 0 Å². The summed E-state index contributed by atoms with van der Waals surface area (Å²) < 4.78 is 6.68. The Hall–Kier alpha value is -1.87. The second-order valence-corrected chi connectivity index (χ2v) is 4.75. The highest BCUT2D eigenvalue weighted by Gasteiger charge is 2.17. The fourth-order valence-electron chi connectivity index (χ4n) is 1.55. The average Bonchev–Trinajstić information content (AvgIpc) is 2.82. The van der Waals surface area contributed by atoms with E-state index >= 15 is 0 Å². The molecule has 0 bridgehead atoms. The number of hydrogen-bond donors (Lipinski definition) is 0. The molecule has 0 aliphatic rings. The van der Waals surface area contributed by atoms with Crippen LogP contribution < -0.4 is 0 Å². The maximum atomic E-state index is 11.7. The van der Waals surface area contributed by atoms with Crippen LogP contribution in [0, 0.1) is 18.3 Å². The number of esters is 1. The first-order valence-electron chi connectivity index (χ1n) is 5.06. The summed E-state index contributed by atoms with van der Waals surface area (Å²) in [5.41, 5.74) is 0.881. The van der Waals surface area contributed by atoms with Gasteiger partial charge in [0.05, 0.1) is 5.69 Å². The van der Waals surface area contributed by atoms with Crippen LogP contribution in [0.1, 0.15) is 22.3 Å². The molecule has 17 heavy (non-hydrogen) atoms. The molecular formula is C11H11N3O2S. The van der Waals surface area contributed by atoms with E-state index in [0.717, 1.165) is 15.9 Å². The number of aromatic nitrogens is 2. The third-order valence-corrected chi connectivity index (χ3v) is 3.54. The maximum absolute atomic E-state index is 11.7. The third kappa shape index (κ3) is 2.01. The predicted octanol–water partition coefficient (Wildman–Crippen LogP) is 2.01. The summed E-state index contributed by atoms with van der Waals surface area (Å²) in [4.78, 5) is 13.1. The summed E-state index contributed by atoms with van der Waals surface area (Å²) in [6.45, 7) is 3.43. The van der Waals surface area contributed by atoms with E-state index in [0.29, 0.717) is 4.88 Å². The standard InChI is InChI=1S/C11H11N3O2S/c1-6(5-12)16-11(15)9-4-8-7(2)13-14(3)10(8)17-9/h4,6H,1-3H3. The lowest BCUT2D eigenvalue weighted by atomic mass is 10.3. The molecule has 0 spiro atoms. The van der Waals surface area contributed by atoms with Gasteiger partial charge in [-0.15, -0.1) is 11.3 Å². The minimum atomic E-state index is -0.730. The van der Waals surface area contributed by atoms with Gasteiger partial charge in [-0.1, -0.05) is 0 Å². The van der Waals surface area contributed by atoms with E-state index in [1.165, 1.54) is 18.3 Å². The predicted molar refractivity (Wildman–Crippen MR) is 63.8 cm³/mol. The number of rotatable bonds is 2. The monoisotopic (exact) mass is 249 g/mol. The quantitative estimate of drug-likeness (QED) is 0.763. The number of nitriles is 1. The van der Waals surface area contributed by atoms with E-state index in [1.54, 1.807) is 10.7 Å². The molecule has 0 fully saturated rings. The van der Waals surface area contributed by atoms with Crippen molar-refractivity contribution in [3.05, 3.63) is 16.6 Å². The molecular weight excluding hydrogens is 238 g/mol. The molecule has 2 rings (SSSR count). The molecule has 0 N–H and O–H groups in total. The summed E-state index contributed by atoms with van der Waals surface area (Å²) in [5.74, 6) is -0.459. The number of nitrogens with zero attached hydrogens (tertiary/aromatic N) is 3. The Balaban J connectivity index is 2.34. The lowest BCUT2D eigenvalue weighted by Gasteiger charge is -2.02. The summed E-state index contributed by atoms with van der Waals surface area (Å²) in [7, 11) is 1.83. The van der Waals surface area contributed by atoms with Crippen molar-refractivity contribution in [3.63, 3.8) is 0 Å². The SMILES string of the molecule is Cc1nn(C)c2sc(C(=O)OC(C)C#N)cc12. The zero-order valence-corrected chi connectivity index (χ0v) is 10.5. The second-order valence-electron chi connectivity index (χ2n) is 3.72. The Morgan fingerprint density at radius 3 is 3.00 bits per heavy atom. The van der Waals surface area contributed by atoms with Gasteiger partial charge in [0.1, 0.15) is 15.8 Å². The molecule has 1 unspecified atom stereocenters. The van der Waals surface area contributed by atoms with Crippen molar-refractivity contribution < 1.29 is 9.53 Å². The van der Waals surface area contributed by atoms with E-state index < -0.39 is 12.1 Å². The largest absolute Gasteiger partial charge is 0.443 e. The smallest absolute Gasteiger partial charge is 0.349 e. The fraction of sp³-hybridized carbons (Fsp3) is 0.364. The van der Waals surface area contributed by atoms with E-state index in [1.807, 2.05) is 20.0 Å². The summed E-state index contributed by atoms with van der Waals surface area (Å²) >= 11 is 1.32. The average molecular weight is 249 g/mol. The van der Waals surface area contributed by atoms with Crippen LogP contribution in [-0.2, 0) is 11.8 Å². The van der Waals surface area contributed by atoms with Crippen molar-refractivity contribution in [1.82, 2.24) is 9.78 Å². The van der Waals surface area contributed by atoms with Gasteiger partial charge >= 0.3 is 5.97 Å². The minimum absolute atomic E-state index is 0.459. The van der Waals surface area contributed by atoms with Crippen molar-refractivity contribution >= 4 is 27.5 Å². The number of carbonyl (C=O) groups is 1. The Bertz CT molecular complexity index is 586. The Morgan fingerprint density at radius 1 is 1.71 bits per heavy atom. The number of ether oxygens (including phenoxy) is 1. The second kappa shape index (κ2) is 4.18. The molecule has 6 heteroatoms. The van der Waals surface area contributed by atoms with Crippen LogP contribution in [0.5, 0.6) is 0 Å². The molecule has 0 aliphatic heterocycles. The molecule has 2 aromatic heterocycles. The highest BCUT2D eigenvalue weighted by atomic mass is 32.1. The molecule has 0 saturated carbocycles. The van der Waals surface area contributed by atoms with Gasteiger partial charge < -0.3 is 4.74 Å². The van der Waals surface area contributed by atoms with Crippen molar-refractivity contribution in [2.75, 3.05) is 0 Å². The van der Waals surface area contributed by atoms with Crippen molar-refractivity contribution in [3.8, 4) is 6.07 Å². The molecule has 0 aliphatic carbocycles. The number of aryl methyl sites for hydroxylation is 2. The first-order chi connectivity index (χ1) is 8.02. The zero-order chi connectivity index (χ0) is 12.6. The molecule has 0 amide bonds. The van der Waals surface area contributed by atoms with Gasteiger partial charge in [-0.05, 0) is 19.9 Å². The van der Waals surface area contributed by atoms with Crippen molar-refractivity contribution in [1.29, 1.82) is 5.26 Å². The van der Waals surface area contributed by atoms with Crippen LogP contribution >= 0.6 is 11.3 Å². The number of fused-ring (bicyclic) bond motifs is 1. The Labute approximate surface area is 102 Å². The van der Waals surface area contributed by atoms with Gasteiger partial charge in [-0.3, -0.25) is 4.68 Å². The molecule has 2 heterocycles. The van der Waals surface area contributed by atoms with E-state index in [-0.39, 0.29) is 0 Å². The van der Waals surface area contributed by atoms with Gasteiger partial charge in [-0.2, -0.15) is 10.4 Å². The Kier molecular flexibility index (Phi) is 2.86. The molecule has 0 saturated heterocycles. The highest BCUT2D eigenvalue weighted by molar-refractivity contribution is 7.20. The van der Waals surface area contributed by atoms with Crippen LogP contribution in [0.15, 0.2) is 6.07 Å². The first kappa shape index (κ1) is 11.6. The molecule has 0 radical (unpaired) electrons. The summed E-state index contributed by atoms with van der Waals surface area (Å²) in [6, 6.07) is 3.62. The van der Waals surface area contributed by atoms with Crippen LogP contribution in [-0.4, -0.2) is 21.9 Å². The lowest BCUT2D eigenvalue weighted by Crippen LogP contribution is -2.11. The lowest BCUT2D eigenvalue weighted by molar-refractivity contribution is 0.0441. The van der Waals surface area contributed by atoms with Gasteiger partial charge in [0, 0.05) is 12.4 Å². The first-order valence-corrected chi connectivity index (χ1v) is 5.88. The van der Waals surface area contributed by atoms with Crippen molar-refractivity contribution in [2.45, 2.75) is 20.0 Å². The van der Waals surface area contributed by atoms with Crippen LogP contribution in [0.3, 0.4) is 0 Å². The number of hydrogen-bond acceptors (Lipinski definition) is 5. The minimum Gasteiger partial charge on any atom is -0.443 e. The van der Waals surface area contributed by atoms with E-state index in [4.69, 9.17) is 10.00 Å². The topological polar surface area (TPSA) is 67.9 Å². The number of thiophene rings is 1. The normalized spacial score (nSPS) is 12.4. The van der Waals surface area contributed by atoms with Gasteiger partial charge in [-0.25, -0.2) is 4.79 Å². The van der Waals surface area contributed by atoms with Crippen LogP contribution in [0.25, 0.3) is 10.2 Å². The van der Waals surface area contributed by atoms with Crippen LogP contribution in [0.2, 0.25) is 0 Å². The number of carbonyl (C=O) groups excluding carboxylic acids is 1. The van der Waals surface area contributed by atoms with E-state index in [9.17, 15) is 4.79 Å². The molecule has 0 aromatic carbocycles. The molecule has 1 atom stereocenters. The maximum Gasteiger partial charge on any atom is 0.349 e. The Morgan fingerprint density at radius 2 is 2.41 bits per heavy atom. The third-order valence-electron chi connectivity index (χ3n) is 2.36. The summed E-state index contributed by atoms with van der Waals surface area (Å²) in [5, 5.41) is 13.8. The highest BCUT2D eigenvalue weighted by Crippen LogP contribution is 2.28. The zero-order valence-electron chi connectivity index (χ0n) is 9.72.